The molecule has 0 atom stereocenters. The van der Waals surface area contributed by atoms with Crippen LogP contribution in [0.5, 0.6) is 0 Å². The van der Waals surface area contributed by atoms with Crippen LogP contribution in [0, 0.1) is 33.8 Å². The molecule has 1 radical (unpaired) electrons. The summed E-state index contributed by atoms with van der Waals surface area (Å²) in [4.78, 5) is 0. The van der Waals surface area contributed by atoms with E-state index in [1.807, 2.05) is 0 Å². The summed E-state index contributed by atoms with van der Waals surface area (Å²) in [5.74, 6) is 0. The van der Waals surface area contributed by atoms with E-state index in [1.165, 1.54) is 0 Å². The Bertz CT molecular complexity index is 8.00. The molecule has 0 aliphatic carbocycles. The summed E-state index contributed by atoms with van der Waals surface area (Å²) in [6.07, 6.45) is 0. The van der Waals surface area contributed by atoms with Gasteiger partial charge in [0.15, 0.2) is 0 Å². The molecule has 4 heteroatoms. The molecule has 0 rings (SSSR count). The summed E-state index contributed by atoms with van der Waals surface area (Å²) in [5.41, 5.74) is 0. The summed E-state index contributed by atoms with van der Waals surface area (Å²) in [6, 6.07) is 0. The first kappa shape index (κ1) is 15.9. The van der Waals surface area contributed by atoms with E-state index in [2.05, 4.69) is 0 Å². The first-order valence-electron chi connectivity index (χ1n) is 0.236. The van der Waals surface area contributed by atoms with Crippen LogP contribution in [0.1, 0.15) is 0 Å². The molecule has 0 amide bonds. The maximum absolute atomic E-state index is 8.42. The number of rotatable bonds is 0. The molecule has 0 saturated heterocycles. The van der Waals surface area contributed by atoms with Crippen molar-refractivity contribution in [3.05, 3.63) is 0 Å². The van der Waals surface area contributed by atoms with Crippen LogP contribution in [-0.4, -0.2) is 37.7 Å². The molecule has 0 aromatic heterocycles. The molecule has 0 spiro atoms. The van der Waals surface area contributed by atoms with Gasteiger partial charge in [-0.3, -0.25) is 0 Å². The minimum absolute atomic E-state index is 0. The van der Waals surface area contributed by atoms with Gasteiger partial charge in [-0.2, -0.15) is 0 Å². The predicted molar refractivity (Wildman–Crippen MR) is 9.23 cm³/mol. The average molecular weight is 256 g/mol. The van der Waals surface area contributed by atoms with Gasteiger partial charge < -0.3 is 0 Å². The normalized spacial score (nSPS) is 1.50. The molecule has 4 heavy (non-hydrogen) atoms. The predicted octanol–water partition coefficient (Wildman–Crippen LogP) is -1.04. The van der Waals surface area contributed by atoms with Crippen LogP contribution in [0.15, 0.2) is 0 Å². The van der Waals surface area contributed by atoms with Crippen molar-refractivity contribution in [1.82, 2.24) is 0 Å². The second-order valence-electron chi connectivity index (χ2n) is 0. The van der Waals surface area contributed by atoms with Crippen LogP contribution < -0.4 is 0 Å². The van der Waals surface area contributed by atoms with Crippen LogP contribution in [-0.2, 0) is 18.5 Å². The molecule has 0 aliphatic rings. The molecule has 0 aliphatic heterocycles. The average Bonchev–Trinajstić information content (AvgIpc) is 1.00. The molecule has 0 bridgehead atoms. The Hall–Kier alpha value is 2.76. The standard InChI is InChI=1S/Ca.Co.La.O.2H. The summed E-state index contributed by atoms with van der Waals surface area (Å²) >= 11 is -0.0833. The monoisotopic (exact) mass is 256 g/mol. The Morgan fingerprint density at radius 3 is 1.25 bits per heavy atom. The minimum atomic E-state index is -0.0833. The second kappa shape index (κ2) is 17.1. The third kappa shape index (κ3) is 8.83. The van der Waals surface area contributed by atoms with Gasteiger partial charge in [-0.05, 0) is 0 Å². The van der Waals surface area contributed by atoms with Crippen LogP contribution in [0.3, 0.4) is 0 Å². The molecule has 0 saturated carbocycles. The zero-order valence-corrected chi connectivity index (χ0v) is 5.99. The number of hydrogen-bond acceptors (Lipinski definition) is 1. The van der Waals surface area contributed by atoms with Gasteiger partial charge in [-0.25, -0.2) is 0 Å². The van der Waals surface area contributed by atoms with Crippen molar-refractivity contribution in [1.29, 1.82) is 0 Å². The van der Waals surface area contributed by atoms with Crippen molar-refractivity contribution in [2.45, 2.75) is 0 Å². The third-order valence-corrected chi connectivity index (χ3v) is 0. The van der Waals surface area contributed by atoms with E-state index in [0.29, 0.717) is 0 Å². The van der Waals surface area contributed by atoms with Crippen molar-refractivity contribution in [2.75, 3.05) is 0 Å². The second-order valence-corrected chi connectivity index (χ2v) is 0. The molecule has 0 aromatic rings. The molecule has 0 unspecified atom stereocenters. The topological polar surface area (TPSA) is 17.1 Å². The van der Waals surface area contributed by atoms with Gasteiger partial charge in [0.2, 0.25) is 0 Å². The fraction of sp³-hybridized carbons (Fsp3) is 0. The summed E-state index contributed by atoms with van der Waals surface area (Å²) < 4.78 is 8.42. The van der Waals surface area contributed by atoms with E-state index in [9.17, 15) is 0 Å². The van der Waals surface area contributed by atoms with Crippen LogP contribution in [0.25, 0.3) is 0 Å². The summed E-state index contributed by atoms with van der Waals surface area (Å²) in [6.45, 7) is 0. The molecule has 0 fully saturated rings. The first-order chi connectivity index (χ1) is 1.00. The van der Waals surface area contributed by atoms with Crippen molar-refractivity contribution in [3.63, 3.8) is 0 Å². The Kier molecular flexibility index (Phi) is 67.9. The summed E-state index contributed by atoms with van der Waals surface area (Å²) in [5, 5.41) is 0. The van der Waals surface area contributed by atoms with Gasteiger partial charge in [-0.15, -0.1) is 0 Å². The maximum atomic E-state index is 8.42. The Morgan fingerprint density at radius 2 is 1.25 bits per heavy atom. The summed E-state index contributed by atoms with van der Waals surface area (Å²) in [7, 11) is 0. The van der Waals surface area contributed by atoms with Crippen molar-refractivity contribution in [2.24, 2.45) is 0 Å². The SMILES string of the molecule is [CaH2].[Co].[O]=[La]. The van der Waals surface area contributed by atoms with Gasteiger partial charge in [0.25, 0.3) is 0 Å². The first-order valence-corrected chi connectivity index (χ1v) is 1.72. The quantitative estimate of drug-likeness (QED) is 0.506. The van der Waals surface area contributed by atoms with Crippen molar-refractivity contribution < 1.29 is 52.3 Å². The van der Waals surface area contributed by atoms with Gasteiger partial charge in [0.05, 0.1) is 0 Å². The zero-order valence-electron chi connectivity index (χ0n) is 1.32. The van der Waals surface area contributed by atoms with Gasteiger partial charge in [0, 0.05) is 16.8 Å². The fourth-order valence-corrected chi connectivity index (χ4v) is 0. The van der Waals surface area contributed by atoms with Crippen LogP contribution >= 0.6 is 0 Å². The van der Waals surface area contributed by atoms with Crippen LogP contribution in [0.2, 0.25) is 0 Å². The zero-order chi connectivity index (χ0) is 2.00. The van der Waals surface area contributed by atoms with Crippen molar-refractivity contribution >= 4 is 37.7 Å². The van der Waals surface area contributed by atoms with E-state index >= 15 is 0 Å². The van der Waals surface area contributed by atoms with Crippen LogP contribution in [0.4, 0.5) is 0 Å². The molecule has 1 nitrogen and oxygen atoms in total. The molecular weight excluding hydrogens is 254 g/mol. The Morgan fingerprint density at radius 1 is 1.25 bits per heavy atom. The van der Waals surface area contributed by atoms with Gasteiger partial charge in [0.1, 0.15) is 0 Å². The molecule has 22 valence electrons. The Labute approximate surface area is 87.8 Å². The van der Waals surface area contributed by atoms with E-state index in [-0.39, 0.29) is 88.3 Å². The van der Waals surface area contributed by atoms with E-state index in [4.69, 9.17) is 1.70 Å². The third-order valence-electron chi connectivity index (χ3n) is 0. The van der Waals surface area contributed by atoms with E-state index in [1.54, 1.807) is 0 Å². The van der Waals surface area contributed by atoms with Crippen molar-refractivity contribution in [3.8, 4) is 0 Å². The fourth-order valence-electron chi connectivity index (χ4n) is 0. The van der Waals surface area contributed by atoms with Gasteiger partial charge in [-0.1, -0.05) is 0 Å². The van der Waals surface area contributed by atoms with Gasteiger partial charge >= 0.3 is 73.2 Å². The van der Waals surface area contributed by atoms with E-state index < -0.39 is 0 Å². The molecule has 0 aromatic carbocycles. The van der Waals surface area contributed by atoms with E-state index in [0.717, 1.165) is 0 Å². The molecular formula is H2CaCoLaO. The Balaban J connectivity index is -0.00000000500. The number of hydrogen-bond donors (Lipinski definition) is 0. The molecule has 0 N–H and O–H groups in total. The molecule has 0 heterocycles.